The topological polar surface area (TPSA) is 67.2 Å². The molecule has 7 heteroatoms. The molecule has 2 saturated carbocycles. The second-order valence-corrected chi connectivity index (χ2v) is 8.05. The number of nitrogens with zero attached hydrogens (tertiary/aromatic N) is 6. The van der Waals surface area contributed by atoms with Gasteiger partial charge in [-0.25, -0.2) is 4.68 Å². The Kier molecular flexibility index (Phi) is 4.90. The molecule has 7 nitrogen and oxygen atoms in total. The van der Waals surface area contributed by atoms with Crippen LogP contribution < -0.4 is 4.90 Å². The SMILES string of the molecule is CC(=O)N1CCCN(c2nnnn2CC(C2CCC2)C2CCC2)CC1. The Morgan fingerprint density at radius 2 is 1.76 bits per heavy atom. The molecule has 1 aromatic heterocycles. The molecule has 0 N–H and O–H groups in total. The fourth-order valence-corrected chi connectivity index (χ4v) is 4.60. The van der Waals surface area contributed by atoms with E-state index in [1.807, 2.05) is 9.58 Å². The number of amides is 1. The quantitative estimate of drug-likeness (QED) is 0.815. The number of hydrogen-bond donors (Lipinski definition) is 0. The maximum Gasteiger partial charge on any atom is 0.245 e. The lowest BCUT2D eigenvalue weighted by Gasteiger charge is -2.42. The van der Waals surface area contributed by atoms with Gasteiger partial charge in [-0.3, -0.25) is 4.79 Å². The van der Waals surface area contributed by atoms with E-state index in [0.717, 1.165) is 62.8 Å². The maximum absolute atomic E-state index is 11.6. The molecule has 138 valence electrons. The zero-order chi connectivity index (χ0) is 17.2. The van der Waals surface area contributed by atoms with E-state index in [4.69, 9.17) is 0 Å². The molecule has 1 aromatic rings. The molecule has 2 aliphatic carbocycles. The second-order valence-electron chi connectivity index (χ2n) is 8.05. The van der Waals surface area contributed by atoms with Crippen molar-refractivity contribution in [2.45, 2.75) is 58.4 Å². The first kappa shape index (κ1) is 16.8. The second kappa shape index (κ2) is 7.30. The molecule has 1 aliphatic heterocycles. The standard InChI is InChI=1S/C18H30N6O/c1-14(25)22-9-4-10-23(12-11-22)18-19-20-21-24(18)13-17(15-5-2-6-15)16-7-3-8-16/h15-17H,2-13H2,1H3. The number of carbonyl (C=O) groups excluding carboxylic acids is 1. The third-order valence-electron chi connectivity index (χ3n) is 6.63. The Bertz CT molecular complexity index is 580. The Labute approximate surface area is 149 Å². The molecular formula is C18H30N6O. The van der Waals surface area contributed by atoms with Gasteiger partial charge >= 0.3 is 0 Å². The van der Waals surface area contributed by atoms with Gasteiger partial charge in [-0.2, -0.15) is 0 Å². The summed E-state index contributed by atoms with van der Waals surface area (Å²) in [5.41, 5.74) is 0. The molecule has 0 spiro atoms. The average Bonchev–Trinajstić information content (AvgIpc) is 2.78. The molecule has 3 aliphatic rings. The number of carbonyl (C=O) groups is 1. The van der Waals surface area contributed by atoms with Crippen molar-refractivity contribution < 1.29 is 4.79 Å². The summed E-state index contributed by atoms with van der Waals surface area (Å²) < 4.78 is 2.05. The third kappa shape index (κ3) is 3.51. The highest BCUT2D eigenvalue weighted by Crippen LogP contribution is 2.45. The van der Waals surface area contributed by atoms with Gasteiger partial charge in [0, 0.05) is 39.6 Å². The van der Waals surface area contributed by atoms with Crippen LogP contribution >= 0.6 is 0 Å². The van der Waals surface area contributed by atoms with Crippen molar-refractivity contribution in [3.63, 3.8) is 0 Å². The predicted molar refractivity (Wildman–Crippen MR) is 95.1 cm³/mol. The molecule has 0 aromatic carbocycles. The highest BCUT2D eigenvalue weighted by atomic mass is 16.2. The molecule has 1 amide bonds. The zero-order valence-electron chi connectivity index (χ0n) is 15.3. The summed E-state index contributed by atoms with van der Waals surface area (Å²) in [5, 5.41) is 12.6. The van der Waals surface area contributed by atoms with E-state index >= 15 is 0 Å². The minimum absolute atomic E-state index is 0.163. The van der Waals surface area contributed by atoms with E-state index in [0.29, 0.717) is 0 Å². The number of rotatable bonds is 5. The molecular weight excluding hydrogens is 316 g/mol. The average molecular weight is 346 g/mol. The van der Waals surface area contributed by atoms with Crippen molar-refractivity contribution in [1.29, 1.82) is 0 Å². The van der Waals surface area contributed by atoms with E-state index in [1.54, 1.807) is 6.92 Å². The zero-order valence-corrected chi connectivity index (χ0v) is 15.3. The third-order valence-corrected chi connectivity index (χ3v) is 6.63. The monoisotopic (exact) mass is 346 g/mol. The Hall–Kier alpha value is -1.66. The smallest absolute Gasteiger partial charge is 0.245 e. The van der Waals surface area contributed by atoms with E-state index in [1.165, 1.54) is 38.5 Å². The summed E-state index contributed by atoms with van der Waals surface area (Å²) in [6.45, 7) is 5.95. The summed E-state index contributed by atoms with van der Waals surface area (Å²) in [5.74, 6) is 3.55. The molecule has 1 saturated heterocycles. The highest BCUT2D eigenvalue weighted by molar-refractivity contribution is 5.73. The van der Waals surface area contributed by atoms with Crippen molar-refractivity contribution >= 4 is 11.9 Å². The minimum atomic E-state index is 0.163. The van der Waals surface area contributed by atoms with Gasteiger partial charge in [0.15, 0.2) is 0 Å². The van der Waals surface area contributed by atoms with Crippen LogP contribution in [0.4, 0.5) is 5.95 Å². The van der Waals surface area contributed by atoms with Gasteiger partial charge in [-0.15, -0.1) is 0 Å². The predicted octanol–water partition coefficient (Wildman–Crippen LogP) is 1.95. The Morgan fingerprint density at radius 1 is 1.04 bits per heavy atom. The van der Waals surface area contributed by atoms with Crippen LogP contribution in [-0.2, 0) is 11.3 Å². The van der Waals surface area contributed by atoms with Crippen LogP contribution in [0.15, 0.2) is 0 Å². The van der Waals surface area contributed by atoms with Gasteiger partial charge in [0.05, 0.1) is 0 Å². The fourth-order valence-electron chi connectivity index (χ4n) is 4.60. The largest absolute Gasteiger partial charge is 0.341 e. The van der Waals surface area contributed by atoms with Gasteiger partial charge in [-0.1, -0.05) is 43.6 Å². The van der Waals surface area contributed by atoms with E-state index in [9.17, 15) is 4.79 Å². The number of aromatic nitrogens is 4. The van der Waals surface area contributed by atoms with Crippen LogP contribution in [-0.4, -0.2) is 57.2 Å². The summed E-state index contributed by atoms with van der Waals surface area (Å²) in [6, 6.07) is 0. The molecule has 0 bridgehead atoms. The fraction of sp³-hybridized carbons (Fsp3) is 0.889. The van der Waals surface area contributed by atoms with Crippen molar-refractivity contribution in [3.05, 3.63) is 0 Å². The molecule has 0 radical (unpaired) electrons. The first-order valence-electron chi connectivity index (χ1n) is 9.99. The van der Waals surface area contributed by atoms with Gasteiger partial charge in [-0.05, 0) is 34.6 Å². The first-order valence-corrected chi connectivity index (χ1v) is 9.99. The van der Waals surface area contributed by atoms with E-state index in [-0.39, 0.29) is 5.91 Å². The summed E-state index contributed by atoms with van der Waals surface area (Å²) in [4.78, 5) is 15.8. The number of hydrogen-bond acceptors (Lipinski definition) is 5. The van der Waals surface area contributed by atoms with Crippen LogP contribution in [0, 0.1) is 17.8 Å². The van der Waals surface area contributed by atoms with Crippen molar-refractivity contribution in [2.24, 2.45) is 17.8 Å². The van der Waals surface area contributed by atoms with E-state index in [2.05, 4.69) is 20.4 Å². The van der Waals surface area contributed by atoms with Gasteiger partial charge in [0.25, 0.3) is 0 Å². The van der Waals surface area contributed by atoms with Crippen LogP contribution in [0.2, 0.25) is 0 Å². The lowest BCUT2D eigenvalue weighted by atomic mass is 9.64. The van der Waals surface area contributed by atoms with Gasteiger partial charge < -0.3 is 9.80 Å². The molecule has 3 fully saturated rings. The van der Waals surface area contributed by atoms with Crippen molar-refractivity contribution in [3.8, 4) is 0 Å². The van der Waals surface area contributed by atoms with Crippen LogP contribution in [0.1, 0.15) is 51.9 Å². The minimum Gasteiger partial charge on any atom is -0.341 e. The van der Waals surface area contributed by atoms with E-state index < -0.39 is 0 Å². The van der Waals surface area contributed by atoms with Crippen molar-refractivity contribution in [1.82, 2.24) is 25.1 Å². The van der Waals surface area contributed by atoms with Gasteiger partial charge in [0.2, 0.25) is 11.9 Å². The first-order chi connectivity index (χ1) is 12.2. The summed E-state index contributed by atoms with van der Waals surface area (Å²) in [7, 11) is 0. The molecule has 2 heterocycles. The number of anilines is 1. The number of tetrazole rings is 1. The summed E-state index contributed by atoms with van der Waals surface area (Å²) >= 11 is 0. The Balaban J connectivity index is 1.45. The molecule has 25 heavy (non-hydrogen) atoms. The molecule has 0 unspecified atom stereocenters. The lowest BCUT2D eigenvalue weighted by molar-refractivity contribution is -0.128. The lowest BCUT2D eigenvalue weighted by Crippen LogP contribution is -2.37. The highest BCUT2D eigenvalue weighted by Gasteiger charge is 2.37. The molecule has 4 rings (SSSR count). The normalized spacial score (nSPS) is 22.6. The van der Waals surface area contributed by atoms with Gasteiger partial charge in [0.1, 0.15) is 0 Å². The molecule has 0 atom stereocenters. The van der Waals surface area contributed by atoms with Crippen LogP contribution in [0.5, 0.6) is 0 Å². The van der Waals surface area contributed by atoms with Crippen LogP contribution in [0.25, 0.3) is 0 Å². The van der Waals surface area contributed by atoms with Crippen LogP contribution in [0.3, 0.4) is 0 Å². The summed E-state index contributed by atoms with van der Waals surface area (Å²) in [6.07, 6.45) is 9.30. The Morgan fingerprint density at radius 3 is 2.36 bits per heavy atom. The van der Waals surface area contributed by atoms with Crippen molar-refractivity contribution in [2.75, 3.05) is 31.1 Å². The maximum atomic E-state index is 11.6.